The molecule has 1 aromatic carbocycles. The van der Waals surface area contributed by atoms with Crippen molar-refractivity contribution < 1.29 is 14.4 Å². The van der Waals surface area contributed by atoms with E-state index in [0.717, 1.165) is 0 Å². The lowest BCUT2D eigenvalue weighted by Gasteiger charge is -2.17. The molecule has 1 atom stereocenters. The molecule has 0 radical (unpaired) electrons. The number of anilines is 2. The Bertz CT molecular complexity index is 902. The molecule has 3 amide bonds. The molecule has 0 fully saturated rings. The zero-order chi connectivity index (χ0) is 19.2. The lowest BCUT2D eigenvalue weighted by atomic mass is 9.97. The third-order valence-corrected chi connectivity index (χ3v) is 4.62. The van der Waals surface area contributed by atoms with Gasteiger partial charge in [0.1, 0.15) is 11.8 Å². The standard InChI is InChI=1S/C19H18N4O3S/c1-12(24)20-13-5-4-6-14(9-13)21-18(25)11-27-10-17-22-16-8-3-2-7-15(16)19(26)23-17/h2-9,15H,10-11H2,1H3,(H,20,24)(H,21,25). The van der Waals surface area contributed by atoms with Gasteiger partial charge in [-0.25, -0.2) is 4.99 Å². The van der Waals surface area contributed by atoms with E-state index in [9.17, 15) is 14.4 Å². The van der Waals surface area contributed by atoms with Crippen LogP contribution < -0.4 is 10.6 Å². The van der Waals surface area contributed by atoms with Crippen molar-refractivity contribution in [1.82, 2.24) is 0 Å². The first-order chi connectivity index (χ1) is 13.0. The first-order valence-electron chi connectivity index (χ1n) is 8.31. The van der Waals surface area contributed by atoms with Crippen molar-refractivity contribution in [3.8, 4) is 0 Å². The second-order valence-electron chi connectivity index (χ2n) is 5.93. The summed E-state index contributed by atoms with van der Waals surface area (Å²) in [6.45, 7) is 1.42. The van der Waals surface area contributed by atoms with E-state index >= 15 is 0 Å². The number of amides is 3. The topological polar surface area (TPSA) is 100.0 Å². The van der Waals surface area contributed by atoms with Gasteiger partial charge in [-0.2, -0.15) is 4.99 Å². The van der Waals surface area contributed by atoms with Crippen LogP contribution in [-0.2, 0) is 14.4 Å². The summed E-state index contributed by atoms with van der Waals surface area (Å²) in [6.07, 6.45) is 7.22. The smallest absolute Gasteiger partial charge is 0.260 e. The summed E-state index contributed by atoms with van der Waals surface area (Å²) >= 11 is 1.33. The fourth-order valence-electron chi connectivity index (χ4n) is 2.59. The number of carbonyl (C=O) groups excluding carboxylic acids is 3. The molecule has 2 aliphatic rings. The quantitative estimate of drug-likeness (QED) is 0.789. The van der Waals surface area contributed by atoms with E-state index < -0.39 is 0 Å². The van der Waals surface area contributed by atoms with Gasteiger partial charge in [-0.3, -0.25) is 14.4 Å². The molecule has 0 aromatic heterocycles. The number of carbonyl (C=O) groups is 3. The molecule has 0 saturated carbocycles. The van der Waals surface area contributed by atoms with E-state index in [0.29, 0.717) is 28.7 Å². The van der Waals surface area contributed by atoms with Gasteiger partial charge in [-0.15, -0.1) is 11.8 Å². The second-order valence-corrected chi connectivity index (χ2v) is 6.91. The first-order valence-corrected chi connectivity index (χ1v) is 9.47. The number of amidine groups is 1. The molecule has 1 heterocycles. The SMILES string of the molecule is CC(=O)Nc1cccc(NC(=O)CSCC2=NC(=O)C3C=CC=CC3=N2)c1. The second kappa shape index (κ2) is 8.59. The Morgan fingerprint density at radius 2 is 1.93 bits per heavy atom. The van der Waals surface area contributed by atoms with Crippen LogP contribution in [0.2, 0.25) is 0 Å². The Labute approximate surface area is 160 Å². The highest BCUT2D eigenvalue weighted by Gasteiger charge is 2.26. The molecular weight excluding hydrogens is 364 g/mol. The van der Waals surface area contributed by atoms with Gasteiger partial charge in [0, 0.05) is 18.3 Å². The molecule has 0 spiro atoms. The Morgan fingerprint density at radius 3 is 2.70 bits per heavy atom. The summed E-state index contributed by atoms with van der Waals surface area (Å²) in [5.74, 6) is 0.0215. The van der Waals surface area contributed by atoms with Gasteiger partial charge in [0.15, 0.2) is 0 Å². The average Bonchev–Trinajstić information content (AvgIpc) is 2.61. The Morgan fingerprint density at radius 1 is 1.15 bits per heavy atom. The number of hydrogen-bond acceptors (Lipinski definition) is 5. The van der Waals surface area contributed by atoms with Gasteiger partial charge >= 0.3 is 0 Å². The minimum atomic E-state index is -0.386. The highest BCUT2D eigenvalue weighted by molar-refractivity contribution is 8.00. The minimum Gasteiger partial charge on any atom is -0.326 e. The van der Waals surface area contributed by atoms with E-state index in [1.165, 1.54) is 18.7 Å². The van der Waals surface area contributed by atoms with Crippen molar-refractivity contribution >= 4 is 52.4 Å². The third-order valence-electron chi connectivity index (χ3n) is 3.69. The minimum absolute atomic E-state index is 0.177. The number of allylic oxidation sites excluding steroid dienone is 3. The zero-order valence-corrected chi connectivity index (χ0v) is 15.5. The largest absolute Gasteiger partial charge is 0.326 e. The maximum Gasteiger partial charge on any atom is 0.260 e. The van der Waals surface area contributed by atoms with E-state index in [-0.39, 0.29) is 29.4 Å². The maximum atomic E-state index is 12.1. The van der Waals surface area contributed by atoms with Gasteiger partial charge in [0.05, 0.1) is 17.2 Å². The van der Waals surface area contributed by atoms with Crippen LogP contribution >= 0.6 is 11.8 Å². The van der Waals surface area contributed by atoms with Gasteiger partial charge in [0.2, 0.25) is 11.8 Å². The highest BCUT2D eigenvalue weighted by Crippen LogP contribution is 2.18. The Kier molecular flexibility index (Phi) is 5.97. The summed E-state index contributed by atoms with van der Waals surface area (Å²) < 4.78 is 0. The molecule has 1 aromatic rings. The molecular formula is C19H18N4O3S. The number of thioether (sulfide) groups is 1. The zero-order valence-electron chi connectivity index (χ0n) is 14.6. The van der Waals surface area contributed by atoms with Crippen LogP contribution in [0.15, 0.2) is 58.6 Å². The van der Waals surface area contributed by atoms with Crippen molar-refractivity contribution in [2.24, 2.45) is 15.9 Å². The van der Waals surface area contributed by atoms with Crippen LogP contribution in [0.25, 0.3) is 0 Å². The molecule has 1 unspecified atom stereocenters. The summed E-state index contributed by atoms with van der Waals surface area (Å²) in [5, 5.41) is 5.44. The van der Waals surface area contributed by atoms with Crippen molar-refractivity contribution in [3.63, 3.8) is 0 Å². The van der Waals surface area contributed by atoms with Crippen LogP contribution in [0.3, 0.4) is 0 Å². The summed E-state index contributed by atoms with van der Waals surface area (Å²) in [4.78, 5) is 43.6. The summed E-state index contributed by atoms with van der Waals surface area (Å²) in [5.41, 5.74) is 1.90. The fraction of sp³-hybridized carbons (Fsp3) is 0.211. The molecule has 7 nitrogen and oxygen atoms in total. The van der Waals surface area contributed by atoms with Crippen LogP contribution in [0.5, 0.6) is 0 Å². The molecule has 0 saturated heterocycles. The van der Waals surface area contributed by atoms with Crippen LogP contribution in [0.4, 0.5) is 11.4 Å². The molecule has 1 aliphatic carbocycles. The maximum absolute atomic E-state index is 12.1. The molecule has 8 heteroatoms. The lowest BCUT2D eigenvalue weighted by Crippen LogP contribution is -2.27. The normalized spacial score (nSPS) is 17.7. The van der Waals surface area contributed by atoms with Crippen LogP contribution in [-0.4, -0.2) is 40.8 Å². The average molecular weight is 382 g/mol. The number of rotatable bonds is 6. The van der Waals surface area contributed by atoms with Gasteiger partial charge in [-0.05, 0) is 24.3 Å². The van der Waals surface area contributed by atoms with E-state index in [1.807, 2.05) is 12.2 Å². The van der Waals surface area contributed by atoms with Gasteiger partial charge in [0.25, 0.3) is 5.91 Å². The highest BCUT2D eigenvalue weighted by atomic mass is 32.2. The Balaban J connectivity index is 1.50. The first kappa shape index (κ1) is 18.8. The van der Waals surface area contributed by atoms with Crippen molar-refractivity contribution in [2.45, 2.75) is 6.92 Å². The number of fused-ring (bicyclic) bond motifs is 1. The predicted octanol–water partition coefficient (Wildman–Crippen LogP) is 2.44. The number of aliphatic imine (C=N–C) groups is 2. The fourth-order valence-corrected chi connectivity index (χ4v) is 3.26. The third kappa shape index (κ3) is 5.24. The predicted molar refractivity (Wildman–Crippen MR) is 108 cm³/mol. The van der Waals surface area contributed by atoms with Gasteiger partial charge in [-0.1, -0.05) is 24.3 Å². The van der Waals surface area contributed by atoms with Crippen LogP contribution in [0, 0.1) is 5.92 Å². The summed E-state index contributed by atoms with van der Waals surface area (Å²) in [6, 6.07) is 6.91. The number of benzene rings is 1. The number of hydrogen-bond donors (Lipinski definition) is 2. The van der Waals surface area contributed by atoms with E-state index in [2.05, 4.69) is 20.6 Å². The lowest BCUT2D eigenvalue weighted by molar-refractivity contribution is -0.118. The number of nitrogens with zero attached hydrogens (tertiary/aromatic N) is 2. The molecule has 27 heavy (non-hydrogen) atoms. The van der Waals surface area contributed by atoms with Gasteiger partial charge < -0.3 is 10.6 Å². The molecule has 3 rings (SSSR count). The molecule has 2 N–H and O–H groups in total. The monoisotopic (exact) mass is 382 g/mol. The summed E-state index contributed by atoms with van der Waals surface area (Å²) in [7, 11) is 0. The van der Waals surface area contributed by atoms with Crippen molar-refractivity contribution in [3.05, 3.63) is 48.6 Å². The Hall–Kier alpha value is -3.00. The molecule has 1 aliphatic heterocycles. The van der Waals surface area contributed by atoms with Crippen LogP contribution in [0.1, 0.15) is 6.92 Å². The van der Waals surface area contributed by atoms with Crippen molar-refractivity contribution in [1.29, 1.82) is 0 Å². The van der Waals surface area contributed by atoms with Crippen molar-refractivity contribution in [2.75, 3.05) is 22.1 Å². The van der Waals surface area contributed by atoms with E-state index in [1.54, 1.807) is 36.4 Å². The van der Waals surface area contributed by atoms with E-state index in [4.69, 9.17) is 0 Å². The number of nitrogens with one attached hydrogen (secondary N) is 2. The molecule has 0 bridgehead atoms. The molecule has 138 valence electrons.